The average Bonchev–Trinajstić information content (AvgIpc) is 2.96. The minimum Gasteiger partial charge on any atom is -0.368 e. The van der Waals surface area contributed by atoms with Crippen LogP contribution < -0.4 is 5.32 Å². The highest BCUT2D eigenvalue weighted by atomic mass is 35.5. The van der Waals surface area contributed by atoms with Crippen LogP contribution in [0.4, 0.5) is 5.82 Å². The third-order valence-corrected chi connectivity index (χ3v) is 3.91. The first kappa shape index (κ1) is 15.0. The molecule has 0 spiro atoms. The van der Waals surface area contributed by atoms with Crippen molar-refractivity contribution >= 4 is 34.5 Å². The van der Waals surface area contributed by atoms with Gasteiger partial charge in [0, 0.05) is 39.1 Å². The zero-order chi connectivity index (χ0) is 15.5. The number of nitrogens with one attached hydrogen (secondary N) is 2. The molecular formula is C13H18ClN7O. The highest BCUT2D eigenvalue weighted by Crippen LogP contribution is 2.18. The fourth-order valence-electron chi connectivity index (χ4n) is 2.44. The van der Waals surface area contributed by atoms with Crippen molar-refractivity contribution in [3.8, 4) is 0 Å². The summed E-state index contributed by atoms with van der Waals surface area (Å²) in [6.07, 6.45) is 1.96. The number of fused-ring (bicyclic) bond motifs is 1. The lowest BCUT2D eigenvalue weighted by atomic mass is 10.3. The van der Waals surface area contributed by atoms with Crippen molar-refractivity contribution in [3.63, 3.8) is 0 Å². The molecule has 0 aliphatic carbocycles. The van der Waals surface area contributed by atoms with E-state index in [1.54, 1.807) is 0 Å². The van der Waals surface area contributed by atoms with Crippen LogP contribution in [0.1, 0.15) is 6.42 Å². The molecule has 9 heteroatoms. The Bertz CT molecular complexity index is 665. The summed E-state index contributed by atoms with van der Waals surface area (Å²) in [5, 5.41) is 3.26. The first-order valence-corrected chi connectivity index (χ1v) is 7.58. The van der Waals surface area contributed by atoms with Crippen molar-refractivity contribution in [2.24, 2.45) is 0 Å². The van der Waals surface area contributed by atoms with Crippen molar-refractivity contribution in [3.05, 3.63) is 11.6 Å². The SMILES string of the molecule is CN1CCN(C(=O)CCNc2nc(Cl)nc3nc[nH]c23)CC1. The van der Waals surface area contributed by atoms with Crippen molar-refractivity contribution in [1.29, 1.82) is 0 Å². The summed E-state index contributed by atoms with van der Waals surface area (Å²) < 4.78 is 0. The topological polar surface area (TPSA) is 90.0 Å². The molecule has 3 heterocycles. The van der Waals surface area contributed by atoms with E-state index >= 15 is 0 Å². The van der Waals surface area contributed by atoms with Gasteiger partial charge >= 0.3 is 0 Å². The molecule has 1 aliphatic heterocycles. The van der Waals surface area contributed by atoms with Crippen LogP contribution in [0.2, 0.25) is 5.28 Å². The van der Waals surface area contributed by atoms with E-state index in [1.807, 2.05) is 4.90 Å². The third-order valence-electron chi connectivity index (χ3n) is 3.75. The normalized spacial score (nSPS) is 16.2. The summed E-state index contributed by atoms with van der Waals surface area (Å²) in [5.74, 6) is 0.722. The largest absolute Gasteiger partial charge is 0.368 e. The summed E-state index contributed by atoms with van der Waals surface area (Å²) in [6.45, 7) is 3.93. The quantitative estimate of drug-likeness (QED) is 0.800. The van der Waals surface area contributed by atoms with Crippen molar-refractivity contribution in [1.82, 2.24) is 29.7 Å². The minimum absolute atomic E-state index is 0.132. The third kappa shape index (κ3) is 3.28. The number of aromatic nitrogens is 4. The Morgan fingerprint density at radius 2 is 2.14 bits per heavy atom. The number of piperazine rings is 1. The number of amides is 1. The molecule has 2 aromatic rings. The van der Waals surface area contributed by atoms with Crippen molar-refractivity contribution in [2.45, 2.75) is 6.42 Å². The fraction of sp³-hybridized carbons (Fsp3) is 0.538. The highest BCUT2D eigenvalue weighted by molar-refractivity contribution is 6.28. The Morgan fingerprint density at radius 3 is 2.91 bits per heavy atom. The Labute approximate surface area is 132 Å². The van der Waals surface area contributed by atoms with Gasteiger partial charge in [0.25, 0.3) is 0 Å². The second-order valence-corrected chi connectivity index (χ2v) is 5.64. The average molecular weight is 324 g/mol. The molecule has 2 N–H and O–H groups in total. The molecule has 2 aromatic heterocycles. The molecule has 0 unspecified atom stereocenters. The van der Waals surface area contributed by atoms with Crippen LogP contribution in [-0.2, 0) is 4.79 Å². The molecule has 22 heavy (non-hydrogen) atoms. The van der Waals surface area contributed by atoms with Crippen LogP contribution in [0, 0.1) is 0 Å². The standard InChI is InChI=1S/C13H18ClN7O/c1-20-4-6-21(7-5-20)9(22)2-3-15-11-10-12(17-8-16-10)19-13(14)18-11/h8H,2-7H2,1H3,(H2,15,16,17,18,19). The number of aromatic amines is 1. The Balaban J connectivity index is 1.56. The van der Waals surface area contributed by atoms with E-state index in [0.29, 0.717) is 29.9 Å². The summed E-state index contributed by atoms with van der Waals surface area (Å²) in [6, 6.07) is 0. The monoisotopic (exact) mass is 323 g/mol. The molecule has 0 atom stereocenters. The maximum absolute atomic E-state index is 12.2. The number of carbonyl (C=O) groups is 1. The first-order chi connectivity index (χ1) is 10.6. The lowest BCUT2D eigenvalue weighted by Crippen LogP contribution is -2.47. The zero-order valence-electron chi connectivity index (χ0n) is 12.3. The predicted octanol–water partition coefficient (Wildman–Crippen LogP) is 0.582. The van der Waals surface area contributed by atoms with E-state index in [9.17, 15) is 4.79 Å². The van der Waals surface area contributed by atoms with Gasteiger partial charge in [0.05, 0.1) is 6.33 Å². The molecule has 1 saturated heterocycles. The number of nitrogens with zero attached hydrogens (tertiary/aromatic N) is 5. The van der Waals surface area contributed by atoms with Crippen LogP contribution in [0.5, 0.6) is 0 Å². The number of H-pyrrole nitrogens is 1. The van der Waals surface area contributed by atoms with Crippen LogP contribution in [0.3, 0.4) is 0 Å². The van der Waals surface area contributed by atoms with Crippen LogP contribution in [0.25, 0.3) is 11.2 Å². The van der Waals surface area contributed by atoms with Crippen molar-refractivity contribution in [2.75, 3.05) is 45.1 Å². The maximum Gasteiger partial charge on any atom is 0.226 e. The number of hydrogen-bond acceptors (Lipinski definition) is 6. The lowest BCUT2D eigenvalue weighted by Gasteiger charge is -2.32. The number of likely N-dealkylation sites (N-methyl/N-ethyl adjacent to an activating group) is 1. The Hall–Kier alpha value is -1.93. The van der Waals surface area contributed by atoms with Gasteiger partial charge in [-0.2, -0.15) is 9.97 Å². The molecule has 118 valence electrons. The lowest BCUT2D eigenvalue weighted by molar-refractivity contribution is -0.132. The van der Waals surface area contributed by atoms with Gasteiger partial charge in [-0.25, -0.2) is 4.98 Å². The van der Waals surface area contributed by atoms with Gasteiger partial charge in [0.1, 0.15) is 5.52 Å². The minimum atomic E-state index is 0.132. The van der Waals surface area contributed by atoms with Gasteiger partial charge in [-0.1, -0.05) is 0 Å². The fourth-order valence-corrected chi connectivity index (χ4v) is 2.60. The number of carbonyl (C=O) groups excluding carboxylic acids is 1. The maximum atomic E-state index is 12.2. The molecule has 0 saturated carbocycles. The van der Waals surface area contributed by atoms with Crippen molar-refractivity contribution < 1.29 is 4.79 Å². The molecule has 1 aliphatic rings. The molecule has 8 nitrogen and oxygen atoms in total. The summed E-state index contributed by atoms with van der Waals surface area (Å²) in [5.41, 5.74) is 1.20. The molecule has 1 fully saturated rings. The molecule has 3 rings (SSSR count). The number of anilines is 1. The number of imidazole rings is 1. The van der Waals surface area contributed by atoms with Gasteiger partial charge in [-0.3, -0.25) is 4.79 Å². The molecule has 0 bridgehead atoms. The molecule has 1 amide bonds. The molecule has 0 aromatic carbocycles. The smallest absolute Gasteiger partial charge is 0.226 e. The van der Waals surface area contributed by atoms with E-state index in [1.165, 1.54) is 6.33 Å². The number of rotatable bonds is 4. The second kappa shape index (κ2) is 6.45. The van der Waals surface area contributed by atoms with E-state index in [0.717, 1.165) is 26.2 Å². The summed E-state index contributed by atoms with van der Waals surface area (Å²) >= 11 is 5.86. The first-order valence-electron chi connectivity index (χ1n) is 7.20. The van der Waals surface area contributed by atoms with Gasteiger partial charge < -0.3 is 20.1 Å². The number of halogens is 1. The molecule has 0 radical (unpaired) electrons. The van der Waals surface area contributed by atoms with E-state index in [2.05, 4.69) is 37.2 Å². The highest BCUT2D eigenvalue weighted by Gasteiger charge is 2.18. The van der Waals surface area contributed by atoms with E-state index < -0.39 is 0 Å². The van der Waals surface area contributed by atoms with Gasteiger partial charge in [-0.15, -0.1) is 0 Å². The van der Waals surface area contributed by atoms with E-state index in [-0.39, 0.29) is 11.2 Å². The van der Waals surface area contributed by atoms with Crippen LogP contribution in [0.15, 0.2) is 6.33 Å². The second-order valence-electron chi connectivity index (χ2n) is 5.30. The molecular weight excluding hydrogens is 306 g/mol. The summed E-state index contributed by atoms with van der Waals surface area (Å²) in [4.78, 5) is 31.5. The van der Waals surface area contributed by atoms with Crippen LogP contribution in [-0.4, -0.2) is 75.4 Å². The zero-order valence-corrected chi connectivity index (χ0v) is 13.1. The van der Waals surface area contributed by atoms with E-state index in [4.69, 9.17) is 11.6 Å². The van der Waals surface area contributed by atoms with Gasteiger partial charge in [0.2, 0.25) is 11.2 Å². The Morgan fingerprint density at radius 1 is 1.36 bits per heavy atom. The number of hydrogen-bond donors (Lipinski definition) is 2. The predicted molar refractivity (Wildman–Crippen MR) is 83.9 cm³/mol. The van der Waals surface area contributed by atoms with Gasteiger partial charge in [0.15, 0.2) is 11.5 Å². The van der Waals surface area contributed by atoms with Gasteiger partial charge in [-0.05, 0) is 18.6 Å². The summed E-state index contributed by atoms with van der Waals surface area (Å²) in [7, 11) is 2.07. The Kier molecular flexibility index (Phi) is 4.39. The van der Waals surface area contributed by atoms with Crippen LogP contribution >= 0.6 is 11.6 Å².